The molecule has 0 saturated carbocycles. The second kappa shape index (κ2) is 9.30. The number of hydrogen-bond donors (Lipinski definition) is 3. The third kappa shape index (κ3) is 5.38. The molecule has 0 amide bonds. The summed E-state index contributed by atoms with van der Waals surface area (Å²) in [6.45, 7) is 3.86. The number of nitrogen functional groups attached to an aromatic ring is 1. The summed E-state index contributed by atoms with van der Waals surface area (Å²) in [4.78, 5) is 6.61. The summed E-state index contributed by atoms with van der Waals surface area (Å²) in [6.07, 6.45) is 0.960. The average Bonchev–Trinajstić information content (AvgIpc) is 3.22. The summed E-state index contributed by atoms with van der Waals surface area (Å²) < 4.78 is 38.7. The van der Waals surface area contributed by atoms with Gasteiger partial charge in [0, 0.05) is 30.2 Å². The minimum Gasteiger partial charge on any atom is -0.383 e. The Morgan fingerprint density at radius 1 is 1.20 bits per heavy atom. The molecule has 1 saturated heterocycles. The van der Waals surface area contributed by atoms with Crippen LogP contribution in [0.25, 0.3) is 0 Å². The number of pyridine rings is 1. The Morgan fingerprint density at radius 3 is 2.47 bits per heavy atom. The number of likely N-dealkylation sites (tertiary alicyclic amines) is 1. The number of allylic oxidation sites excluding steroid dienone is 2. The highest BCUT2D eigenvalue weighted by atomic mass is 19.4. The van der Waals surface area contributed by atoms with Gasteiger partial charge in [-0.1, -0.05) is 12.1 Å². The van der Waals surface area contributed by atoms with E-state index in [1.54, 1.807) is 18.3 Å². The Balaban J connectivity index is 1.75. The Hall–Kier alpha value is -2.87. The molecular formula is C22H26F3N5. The molecule has 2 aromatic rings. The van der Waals surface area contributed by atoms with Crippen LogP contribution in [0.1, 0.15) is 36.5 Å². The van der Waals surface area contributed by atoms with Crippen molar-refractivity contribution < 1.29 is 13.2 Å². The van der Waals surface area contributed by atoms with Crippen molar-refractivity contribution in [3.05, 3.63) is 64.5 Å². The minimum atomic E-state index is -4.48. The molecule has 30 heavy (non-hydrogen) atoms. The summed E-state index contributed by atoms with van der Waals surface area (Å²) in [5.74, 6) is 0.543. The molecule has 1 aliphatic rings. The molecule has 5 nitrogen and oxygen atoms in total. The average molecular weight is 417 g/mol. The van der Waals surface area contributed by atoms with Gasteiger partial charge in [0.25, 0.3) is 0 Å². The van der Waals surface area contributed by atoms with Gasteiger partial charge in [-0.3, -0.25) is 4.90 Å². The third-order valence-electron chi connectivity index (χ3n) is 5.37. The predicted octanol–water partition coefficient (Wildman–Crippen LogP) is 4.75. The van der Waals surface area contributed by atoms with Crippen LogP contribution in [0, 0.1) is 5.41 Å². The van der Waals surface area contributed by atoms with Crippen LogP contribution >= 0.6 is 0 Å². The first-order valence-electron chi connectivity index (χ1n) is 9.87. The molecule has 1 aromatic heterocycles. The monoisotopic (exact) mass is 417 g/mol. The number of alkyl halides is 3. The van der Waals surface area contributed by atoms with Gasteiger partial charge in [-0.15, -0.1) is 0 Å². The minimum absolute atomic E-state index is 0.273. The lowest BCUT2D eigenvalue weighted by Crippen LogP contribution is -2.20. The van der Waals surface area contributed by atoms with E-state index in [4.69, 9.17) is 11.1 Å². The molecule has 0 radical (unpaired) electrons. The fourth-order valence-electron chi connectivity index (χ4n) is 3.54. The maximum Gasteiger partial charge on any atom is 0.414 e. The Bertz CT molecular complexity index is 913. The topological polar surface area (TPSA) is 78.0 Å². The first-order chi connectivity index (χ1) is 14.3. The largest absolute Gasteiger partial charge is 0.414 e. The van der Waals surface area contributed by atoms with Crippen LogP contribution in [0.3, 0.4) is 0 Å². The van der Waals surface area contributed by atoms with E-state index in [0.29, 0.717) is 24.1 Å². The van der Waals surface area contributed by atoms with Crippen molar-refractivity contribution in [1.82, 2.24) is 9.88 Å². The lowest BCUT2D eigenvalue weighted by molar-refractivity contribution is -0.0917. The summed E-state index contributed by atoms with van der Waals surface area (Å²) >= 11 is 0. The van der Waals surface area contributed by atoms with Crippen molar-refractivity contribution in [1.29, 1.82) is 5.41 Å². The third-order valence-corrected chi connectivity index (χ3v) is 5.37. The van der Waals surface area contributed by atoms with Crippen molar-refractivity contribution >= 4 is 17.7 Å². The molecule has 0 spiro atoms. The van der Waals surface area contributed by atoms with Crippen molar-refractivity contribution in [2.75, 3.05) is 24.1 Å². The lowest BCUT2D eigenvalue weighted by Gasteiger charge is -2.19. The number of nitrogens with two attached hydrogens (primary N) is 1. The van der Waals surface area contributed by atoms with Gasteiger partial charge in [-0.25, -0.2) is 4.98 Å². The molecule has 160 valence electrons. The van der Waals surface area contributed by atoms with Crippen molar-refractivity contribution in [2.24, 2.45) is 0 Å². The van der Waals surface area contributed by atoms with E-state index in [1.165, 1.54) is 12.8 Å². The Kier molecular flexibility index (Phi) is 6.77. The first kappa shape index (κ1) is 21.8. The number of hydrogen-bond acceptors (Lipinski definition) is 5. The molecule has 0 bridgehead atoms. The fraction of sp³-hybridized carbons (Fsp3) is 0.364. The molecule has 0 atom stereocenters. The molecule has 2 heterocycles. The standard InChI is InChI=1S/C22H26F3N5/c1-15(22(23,24)25)20(13-26)29-18-6-4-16(5-7-18)12-17-8-9-28-21(27)19(17)14-30-10-2-3-11-30/h4-9,13,26,29H,2-3,10-12,14H2,1H3,(H2,27,28)/b20-15-,26-13?. The van der Waals surface area contributed by atoms with Gasteiger partial charge in [0.15, 0.2) is 0 Å². The molecule has 4 N–H and O–H groups in total. The van der Waals surface area contributed by atoms with Crippen molar-refractivity contribution in [3.63, 3.8) is 0 Å². The normalized spacial score (nSPS) is 15.7. The zero-order chi connectivity index (χ0) is 21.7. The van der Waals surface area contributed by atoms with Crippen LogP contribution < -0.4 is 11.1 Å². The quantitative estimate of drug-likeness (QED) is 0.568. The number of rotatable bonds is 7. The fourth-order valence-corrected chi connectivity index (χ4v) is 3.54. The Labute approximate surface area is 174 Å². The summed E-state index contributed by atoms with van der Waals surface area (Å²) in [7, 11) is 0. The molecule has 8 heteroatoms. The second-order valence-corrected chi connectivity index (χ2v) is 7.50. The molecule has 0 aliphatic carbocycles. The van der Waals surface area contributed by atoms with Crippen LogP contribution in [-0.2, 0) is 13.0 Å². The SMILES string of the molecule is C/C(=C(\C=N)Nc1ccc(Cc2ccnc(N)c2CN2CCCC2)cc1)C(F)(F)F. The first-order valence-corrected chi connectivity index (χ1v) is 9.87. The van der Waals surface area contributed by atoms with Gasteiger partial charge in [-0.05, 0) is 68.6 Å². The number of nitrogens with one attached hydrogen (secondary N) is 2. The van der Waals surface area contributed by atoms with E-state index in [0.717, 1.165) is 43.2 Å². The van der Waals surface area contributed by atoms with Gasteiger partial charge in [0.1, 0.15) is 5.82 Å². The second-order valence-electron chi connectivity index (χ2n) is 7.50. The molecule has 3 rings (SSSR count). The Morgan fingerprint density at radius 2 is 1.87 bits per heavy atom. The smallest absolute Gasteiger partial charge is 0.383 e. The van der Waals surface area contributed by atoms with E-state index in [-0.39, 0.29) is 5.70 Å². The highest BCUT2D eigenvalue weighted by Crippen LogP contribution is 2.28. The number of benzene rings is 1. The molecule has 1 aromatic carbocycles. The van der Waals surface area contributed by atoms with Crippen LogP contribution in [-0.4, -0.2) is 35.4 Å². The van der Waals surface area contributed by atoms with Crippen LogP contribution in [0.4, 0.5) is 24.7 Å². The maximum atomic E-state index is 12.9. The highest BCUT2D eigenvalue weighted by molar-refractivity contribution is 5.82. The summed E-state index contributed by atoms with van der Waals surface area (Å²) in [5.41, 5.74) is 8.69. The van der Waals surface area contributed by atoms with Gasteiger partial charge in [0.2, 0.25) is 0 Å². The molecule has 1 aliphatic heterocycles. The maximum absolute atomic E-state index is 12.9. The van der Waals surface area contributed by atoms with E-state index >= 15 is 0 Å². The summed E-state index contributed by atoms with van der Waals surface area (Å²) in [6, 6.07) is 9.13. The van der Waals surface area contributed by atoms with Crippen LogP contribution in [0.2, 0.25) is 0 Å². The predicted molar refractivity (Wildman–Crippen MR) is 114 cm³/mol. The van der Waals surface area contributed by atoms with E-state index < -0.39 is 11.7 Å². The van der Waals surface area contributed by atoms with Crippen molar-refractivity contribution in [3.8, 4) is 0 Å². The zero-order valence-electron chi connectivity index (χ0n) is 16.9. The summed E-state index contributed by atoms with van der Waals surface area (Å²) in [5, 5.41) is 9.95. The molecule has 1 fully saturated rings. The number of halogens is 3. The van der Waals surface area contributed by atoms with Crippen LogP contribution in [0.15, 0.2) is 47.8 Å². The number of aromatic nitrogens is 1. The van der Waals surface area contributed by atoms with E-state index in [2.05, 4.69) is 15.2 Å². The van der Waals surface area contributed by atoms with Gasteiger partial charge < -0.3 is 16.5 Å². The zero-order valence-corrected chi connectivity index (χ0v) is 16.9. The number of anilines is 2. The van der Waals surface area contributed by atoms with Gasteiger partial charge >= 0.3 is 6.18 Å². The molecular weight excluding hydrogens is 391 g/mol. The van der Waals surface area contributed by atoms with E-state index in [9.17, 15) is 13.2 Å². The van der Waals surface area contributed by atoms with Crippen molar-refractivity contribution in [2.45, 2.75) is 38.9 Å². The van der Waals surface area contributed by atoms with Gasteiger partial charge in [-0.2, -0.15) is 13.2 Å². The molecule has 0 unspecified atom stereocenters. The lowest BCUT2D eigenvalue weighted by atomic mass is 10.00. The number of nitrogens with zero attached hydrogens (tertiary/aromatic N) is 2. The van der Waals surface area contributed by atoms with E-state index in [1.807, 2.05) is 18.2 Å². The van der Waals surface area contributed by atoms with Crippen LogP contribution in [0.5, 0.6) is 0 Å². The van der Waals surface area contributed by atoms with Gasteiger partial charge in [0.05, 0.1) is 11.3 Å². The highest BCUT2D eigenvalue weighted by Gasteiger charge is 2.32.